The zero-order valence-electron chi connectivity index (χ0n) is 16.3. The van der Waals surface area contributed by atoms with Crippen LogP contribution in [0.1, 0.15) is 36.7 Å². The van der Waals surface area contributed by atoms with Gasteiger partial charge in [0.2, 0.25) is 0 Å². The minimum Gasteiger partial charge on any atom is -0.452 e. The third-order valence-electron chi connectivity index (χ3n) is 4.24. The lowest BCUT2D eigenvalue weighted by molar-refractivity contribution is 0.0165. The lowest BCUT2D eigenvalue weighted by Gasteiger charge is -2.32. The fraction of sp³-hybridized carbons (Fsp3) is 0.227. The van der Waals surface area contributed by atoms with Crippen molar-refractivity contribution < 1.29 is 9.53 Å². The first-order chi connectivity index (χ1) is 13.8. The first-order valence-electron chi connectivity index (χ1n) is 9.03. The molecule has 1 unspecified atom stereocenters. The van der Waals surface area contributed by atoms with E-state index in [1.54, 1.807) is 53.5 Å². The Bertz CT molecular complexity index is 1010. The number of rotatable bonds is 5. The molecule has 29 heavy (non-hydrogen) atoms. The van der Waals surface area contributed by atoms with Gasteiger partial charge >= 0.3 is 5.97 Å². The second kappa shape index (κ2) is 8.80. The first-order valence-corrected chi connectivity index (χ1v) is 9.79. The van der Waals surface area contributed by atoms with E-state index in [0.29, 0.717) is 21.3 Å². The number of nitrogens with zero attached hydrogens (tertiary/aromatic N) is 3. The van der Waals surface area contributed by atoms with Gasteiger partial charge in [-0.15, -0.1) is 0 Å². The average molecular weight is 430 g/mol. The summed E-state index contributed by atoms with van der Waals surface area (Å²) in [5, 5.41) is 5.27. The third kappa shape index (κ3) is 5.25. The summed E-state index contributed by atoms with van der Waals surface area (Å²) in [6, 6.07) is 14.1. The highest BCUT2D eigenvalue weighted by Crippen LogP contribution is 2.34. The molecule has 150 valence electrons. The zero-order valence-corrected chi connectivity index (χ0v) is 17.9. The van der Waals surface area contributed by atoms with Crippen LogP contribution in [0.2, 0.25) is 10.0 Å². The van der Waals surface area contributed by atoms with Crippen LogP contribution in [-0.4, -0.2) is 26.8 Å². The van der Waals surface area contributed by atoms with Crippen molar-refractivity contribution in [2.75, 3.05) is 0 Å². The fourth-order valence-electron chi connectivity index (χ4n) is 2.81. The minimum absolute atomic E-state index is 0.418. The summed E-state index contributed by atoms with van der Waals surface area (Å²) in [7, 11) is 0. The van der Waals surface area contributed by atoms with Gasteiger partial charge in [0, 0.05) is 15.5 Å². The molecule has 3 aromatic rings. The van der Waals surface area contributed by atoms with E-state index in [-0.39, 0.29) is 0 Å². The highest BCUT2D eigenvalue weighted by atomic mass is 35.5. The predicted molar refractivity (Wildman–Crippen MR) is 116 cm³/mol. The van der Waals surface area contributed by atoms with Crippen LogP contribution < -0.4 is 0 Å². The Hall–Kier alpha value is -2.63. The maximum Gasteiger partial charge on any atom is 0.338 e. The summed E-state index contributed by atoms with van der Waals surface area (Å²) >= 11 is 12.4. The van der Waals surface area contributed by atoms with E-state index in [0.717, 1.165) is 5.56 Å². The van der Waals surface area contributed by atoms with Gasteiger partial charge in [-0.05, 0) is 35.9 Å². The van der Waals surface area contributed by atoms with Crippen molar-refractivity contribution >= 4 is 40.9 Å². The number of benzene rings is 2. The number of hydrogen-bond donors (Lipinski definition) is 0. The second-order valence-electron chi connectivity index (χ2n) is 7.59. The van der Waals surface area contributed by atoms with Crippen molar-refractivity contribution in [1.82, 2.24) is 14.8 Å². The van der Waals surface area contributed by atoms with Gasteiger partial charge in [0.1, 0.15) is 18.8 Å². The van der Waals surface area contributed by atoms with E-state index >= 15 is 0 Å². The summed E-state index contributed by atoms with van der Waals surface area (Å²) in [4.78, 5) is 16.8. The summed E-state index contributed by atoms with van der Waals surface area (Å²) in [6.07, 6.45) is 4.20. The van der Waals surface area contributed by atoms with Crippen LogP contribution in [0.4, 0.5) is 0 Å². The molecule has 1 atom stereocenters. The highest BCUT2D eigenvalue weighted by Gasteiger charge is 2.34. The molecule has 0 N–H and O–H groups in total. The number of aromatic nitrogens is 3. The van der Waals surface area contributed by atoms with Crippen molar-refractivity contribution in [3.63, 3.8) is 0 Å². The maximum atomic E-state index is 12.8. The number of carbonyl (C=O) groups is 1. The maximum absolute atomic E-state index is 12.8. The summed E-state index contributed by atoms with van der Waals surface area (Å²) < 4.78 is 7.54. The van der Waals surface area contributed by atoms with Crippen LogP contribution in [0, 0.1) is 5.41 Å². The van der Waals surface area contributed by atoms with Gasteiger partial charge in [0.05, 0.1) is 11.3 Å². The lowest BCUT2D eigenvalue weighted by atomic mass is 9.86. The molecule has 0 fully saturated rings. The summed E-state index contributed by atoms with van der Waals surface area (Å²) in [5.41, 5.74) is 1.40. The molecule has 0 bridgehead atoms. The van der Waals surface area contributed by atoms with Crippen LogP contribution >= 0.6 is 23.2 Å². The van der Waals surface area contributed by atoms with Gasteiger partial charge in [0.25, 0.3) is 0 Å². The molecule has 0 aliphatic rings. The standard InChI is InChI=1S/C22H21Cl2N3O2/c1-22(2,3)20(29-21(28)15-7-5-4-6-8-15)19(27-14-25-13-26-27)11-16-9-10-17(23)12-18(16)24/h4-14,20H,1-3H3/b19-11+. The van der Waals surface area contributed by atoms with E-state index in [2.05, 4.69) is 10.1 Å². The Labute approximate surface area is 179 Å². The van der Waals surface area contributed by atoms with Gasteiger partial charge in [-0.2, -0.15) is 5.10 Å². The Morgan fingerprint density at radius 1 is 1.14 bits per heavy atom. The monoisotopic (exact) mass is 429 g/mol. The molecule has 1 heterocycles. The van der Waals surface area contributed by atoms with Gasteiger partial charge in [-0.3, -0.25) is 0 Å². The molecular formula is C22H21Cl2N3O2. The van der Waals surface area contributed by atoms with Crippen LogP contribution in [-0.2, 0) is 4.74 Å². The lowest BCUT2D eigenvalue weighted by Crippen LogP contribution is -2.35. The molecule has 0 radical (unpaired) electrons. The Morgan fingerprint density at radius 2 is 1.86 bits per heavy atom. The predicted octanol–water partition coefficient (Wildman–Crippen LogP) is 5.85. The molecule has 5 nitrogen and oxygen atoms in total. The van der Waals surface area contributed by atoms with Crippen molar-refractivity contribution in [2.45, 2.75) is 26.9 Å². The molecule has 2 aromatic carbocycles. The minimum atomic E-state index is -0.622. The third-order valence-corrected chi connectivity index (χ3v) is 4.80. The Kier molecular flexibility index (Phi) is 6.40. The number of carbonyl (C=O) groups excluding carboxylic acids is 1. The molecular weight excluding hydrogens is 409 g/mol. The Balaban J connectivity index is 2.07. The SMILES string of the molecule is CC(C)(C)C(OC(=O)c1ccccc1)/C(=C\c1ccc(Cl)cc1Cl)n1cncn1. The van der Waals surface area contributed by atoms with Crippen LogP contribution in [0.25, 0.3) is 11.8 Å². The topological polar surface area (TPSA) is 57.0 Å². The number of halogens is 2. The summed E-state index contributed by atoms with van der Waals surface area (Å²) in [6.45, 7) is 5.97. The van der Waals surface area contributed by atoms with E-state index in [4.69, 9.17) is 27.9 Å². The van der Waals surface area contributed by atoms with Gasteiger partial charge in [0.15, 0.2) is 0 Å². The van der Waals surface area contributed by atoms with Crippen molar-refractivity contribution in [3.8, 4) is 0 Å². The molecule has 0 aliphatic heterocycles. The Morgan fingerprint density at radius 3 is 2.45 bits per heavy atom. The van der Waals surface area contributed by atoms with Crippen LogP contribution in [0.5, 0.6) is 0 Å². The first kappa shape index (κ1) is 21.1. The van der Waals surface area contributed by atoms with Crippen molar-refractivity contribution in [2.24, 2.45) is 5.41 Å². The normalized spacial score (nSPS) is 13.2. The van der Waals surface area contributed by atoms with E-state index < -0.39 is 17.5 Å². The summed E-state index contributed by atoms with van der Waals surface area (Å²) in [5.74, 6) is -0.418. The second-order valence-corrected chi connectivity index (χ2v) is 8.44. The molecule has 0 amide bonds. The largest absolute Gasteiger partial charge is 0.452 e. The van der Waals surface area contributed by atoms with Gasteiger partial charge in [-0.1, -0.05) is 68.2 Å². The number of esters is 1. The van der Waals surface area contributed by atoms with Crippen LogP contribution in [0.3, 0.4) is 0 Å². The molecule has 0 aliphatic carbocycles. The smallest absolute Gasteiger partial charge is 0.338 e. The zero-order chi connectivity index (χ0) is 21.0. The molecule has 3 rings (SSSR count). The molecule has 7 heteroatoms. The molecule has 1 aromatic heterocycles. The number of hydrogen-bond acceptors (Lipinski definition) is 4. The van der Waals surface area contributed by atoms with E-state index in [1.165, 1.54) is 6.33 Å². The van der Waals surface area contributed by atoms with E-state index in [9.17, 15) is 4.79 Å². The fourth-order valence-corrected chi connectivity index (χ4v) is 3.27. The average Bonchev–Trinajstić information content (AvgIpc) is 3.20. The van der Waals surface area contributed by atoms with E-state index in [1.807, 2.05) is 32.9 Å². The highest BCUT2D eigenvalue weighted by molar-refractivity contribution is 6.35. The van der Waals surface area contributed by atoms with Crippen molar-refractivity contribution in [3.05, 3.63) is 82.4 Å². The molecule has 0 saturated carbocycles. The number of ether oxygens (including phenoxy) is 1. The quantitative estimate of drug-likeness (QED) is 0.476. The van der Waals surface area contributed by atoms with Gasteiger partial charge in [-0.25, -0.2) is 14.5 Å². The van der Waals surface area contributed by atoms with Gasteiger partial charge < -0.3 is 4.74 Å². The van der Waals surface area contributed by atoms with Crippen LogP contribution in [0.15, 0.2) is 61.2 Å². The molecule has 0 spiro atoms. The molecule has 0 saturated heterocycles. The van der Waals surface area contributed by atoms with Crippen molar-refractivity contribution in [1.29, 1.82) is 0 Å².